The number of hydrogen-bond acceptors (Lipinski definition) is 4. The molecular weight excluding hydrogens is 149 g/mol. The Bertz CT molecular complexity index is 33.2. The first-order valence-corrected chi connectivity index (χ1v) is 0.836. The molecule has 0 amide bonds. The number of rotatable bonds is 0. The summed E-state index contributed by atoms with van der Waals surface area (Å²) in [6, 6.07) is 0. The molecule has 6 nitrogen and oxygen atoms in total. The van der Waals surface area contributed by atoms with Crippen molar-refractivity contribution < 1.29 is 21.6 Å². The van der Waals surface area contributed by atoms with Crippen molar-refractivity contribution in [1.29, 1.82) is 0 Å². The maximum absolute atomic E-state index is 8.25. The minimum absolute atomic E-state index is 0. The molecule has 0 spiro atoms. The standard InChI is InChI=1S/H3N2.NO3.Ni/c1-2;2-1(3)4;/h1H,2H2;;/q2*-1;+2. The molecule has 0 atom stereocenters. The van der Waals surface area contributed by atoms with Crippen LogP contribution < -0.4 is 5.84 Å². The Morgan fingerprint density at radius 2 is 1.43 bits per heavy atom. The van der Waals surface area contributed by atoms with Crippen molar-refractivity contribution in [3.8, 4) is 0 Å². The average Bonchev–Trinajstić information content (AvgIpc) is 1.41. The Kier molecular flexibility index (Phi) is 39.9. The van der Waals surface area contributed by atoms with E-state index in [9.17, 15) is 0 Å². The molecule has 0 unspecified atom stereocenters. The van der Waals surface area contributed by atoms with Crippen LogP contribution in [0.25, 0.3) is 5.84 Å². The summed E-state index contributed by atoms with van der Waals surface area (Å²) in [6.45, 7) is 0. The van der Waals surface area contributed by atoms with E-state index in [1.165, 1.54) is 0 Å². The molecule has 0 aliphatic carbocycles. The van der Waals surface area contributed by atoms with Gasteiger partial charge in [-0.25, -0.2) is 0 Å². The van der Waals surface area contributed by atoms with Gasteiger partial charge in [-0.3, -0.25) is 0 Å². The van der Waals surface area contributed by atoms with Crippen molar-refractivity contribution in [3.63, 3.8) is 0 Å². The summed E-state index contributed by atoms with van der Waals surface area (Å²) < 4.78 is 0. The van der Waals surface area contributed by atoms with E-state index in [1.54, 1.807) is 0 Å². The average molecular weight is 152 g/mol. The van der Waals surface area contributed by atoms with Gasteiger partial charge in [-0.15, -0.1) is 0 Å². The molecule has 0 aliphatic heterocycles. The van der Waals surface area contributed by atoms with Crippen LogP contribution in [0.3, 0.4) is 0 Å². The second-order valence-corrected chi connectivity index (χ2v) is 0.224. The van der Waals surface area contributed by atoms with Crippen molar-refractivity contribution >= 4 is 0 Å². The third-order valence-electron chi connectivity index (χ3n) is 0. The smallest absolute Gasteiger partial charge is 0.615 e. The second-order valence-electron chi connectivity index (χ2n) is 0.224. The van der Waals surface area contributed by atoms with Gasteiger partial charge in [0.05, 0.1) is 5.09 Å². The molecule has 7 heavy (non-hydrogen) atoms. The molecule has 0 fully saturated rings. The SMILES string of the molecule is O=[N+]([O-])[O-].[NH-]N.[Ni+2]. The monoisotopic (exact) mass is 151 g/mol. The molecule has 0 aromatic rings. The summed E-state index contributed by atoms with van der Waals surface area (Å²) in [4.78, 5) is 8.25. The molecule has 46 valence electrons. The number of nitrogens with two attached hydrogens (primary N) is 1. The summed E-state index contributed by atoms with van der Waals surface area (Å²) in [5, 5.41) is 14.8. The van der Waals surface area contributed by atoms with Crippen molar-refractivity contribution in [2.45, 2.75) is 0 Å². The van der Waals surface area contributed by atoms with Gasteiger partial charge in [0.1, 0.15) is 0 Å². The van der Waals surface area contributed by atoms with Crippen LogP contribution in [-0.4, -0.2) is 5.09 Å². The topological polar surface area (TPSA) is 116 Å². The zero-order valence-corrected chi connectivity index (χ0v) is 4.05. The van der Waals surface area contributed by atoms with Crippen LogP contribution in [0.5, 0.6) is 0 Å². The van der Waals surface area contributed by atoms with Crippen LogP contribution in [0.2, 0.25) is 0 Å². The maximum Gasteiger partial charge on any atom is 2.00 e. The van der Waals surface area contributed by atoms with Crippen molar-refractivity contribution in [2.24, 2.45) is 5.84 Å². The molecule has 0 bridgehead atoms. The first-order valence-electron chi connectivity index (χ1n) is 0.836. The third-order valence-corrected chi connectivity index (χ3v) is 0. The molecule has 3 N–H and O–H groups in total. The van der Waals surface area contributed by atoms with E-state index in [1.807, 2.05) is 0 Å². The van der Waals surface area contributed by atoms with E-state index in [0.29, 0.717) is 0 Å². The number of nitrogens with zero attached hydrogens (tertiary/aromatic N) is 1. The van der Waals surface area contributed by atoms with Gasteiger partial charge in [-0.2, -0.15) is 0 Å². The zero-order chi connectivity index (χ0) is 5.58. The Morgan fingerprint density at radius 3 is 1.43 bits per heavy atom. The fourth-order valence-corrected chi connectivity index (χ4v) is 0. The van der Waals surface area contributed by atoms with Crippen LogP contribution in [0.15, 0.2) is 0 Å². The van der Waals surface area contributed by atoms with Crippen LogP contribution in [0.4, 0.5) is 0 Å². The molecule has 0 saturated carbocycles. The van der Waals surface area contributed by atoms with Gasteiger partial charge >= 0.3 is 16.5 Å². The fraction of sp³-hybridized carbons (Fsp3) is 0. The van der Waals surface area contributed by atoms with Crippen molar-refractivity contribution in [1.82, 2.24) is 0 Å². The Balaban J connectivity index is -0.0000000480. The minimum atomic E-state index is -1.75. The van der Waals surface area contributed by atoms with Gasteiger partial charge < -0.3 is 27.0 Å². The molecule has 0 aromatic heterocycles. The molecular formula is H3N3NiO3. The van der Waals surface area contributed by atoms with E-state index < -0.39 is 5.09 Å². The Morgan fingerprint density at radius 1 is 1.43 bits per heavy atom. The number of hydrogen-bond donors (Lipinski definition) is 1. The van der Waals surface area contributed by atoms with Crippen molar-refractivity contribution in [3.05, 3.63) is 21.2 Å². The quantitative estimate of drug-likeness (QED) is 0.221. The minimum Gasteiger partial charge on any atom is -0.615 e. The van der Waals surface area contributed by atoms with Gasteiger partial charge in [0.25, 0.3) is 0 Å². The van der Waals surface area contributed by atoms with Crippen LogP contribution in [0.1, 0.15) is 0 Å². The van der Waals surface area contributed by atoms with E-state index >= 15 is 0 Å². The van der Waals surface area contributed by atoms with Gasteiger partial charge in [-0.05, 0) is 0 Å². The van der Waals surface area contributed by atoms with E-state index in [2.05, 4.69) is 5.84 Å². The summed E-state index contributed by atoms with van der Waals surface area (Å²) >= 11 is 0. The molecule has 0 radical (unpaired) electrons. The fourth-order valence-electron chi connectivity index (χ4n) is 0. The second kappa shape index (κ2) is 17.5. The zero-order valence-electron chi connectivity index (χ0n) is 3.07. The van der Waals surface area contributed by atoms with Gasteiger partial charge in [-0.1, -0.05) is 0 Å². The van der Waals surface area contributed by atoms with E-state index in [0.717, 1.165) is 0 Å². The Labute approximate surface area is 49.5 Å². The summed E-state index contributed by atoms with van der Waals surface area (Å²) in [5.74, 6) is 9.00. The summed E-state index contributed by atoms with van der Waals surface area (Å²) in [6.07, 6.45) is 0. The largest absolute Gasteiger partial charge is 2.00 e. The van der Waals surface area contributed by atoms with Gasteiger partial charge in [0, 0.05) is 0 Å². The first-order chi connectivity index (χ1) is 2.73. The summed E-state index contributed by atoms with van der Waals surface area (Å²) in [7, 11) is 0. The van der Waals surface area contributed by atoms with E-state index in [-0.39, 0.29) is 16.5 Å². The van der Waals surface area contributed by atoms with Crippen LogP contribution >= 0.6 is 0 Å². The third kappa shape index (κ3) is 491. The van der Waals surface area contributed by atoms with Gasteiger partial charge in [0.2, 0.25) is 0 Å². The first kappa shape index (κ1) is 16.0. The summed E-state index contributed by atoms with van der Waals surface area (Å²) in [5.41, 5.74) is 0. The van der Waals surface area contributed by atoms with E-state index in [4.69, 9.17) is 21.2 Å². The normalized spacial score (nSPS) is 4.29. The van der Waals surface area contributed by atoms with Gasteiger partial charge in [0.15, 0.2) is 0 Å². The molecule has 7 heteroatoms. The van der Waals surface area contributed by atoms with Crippen LogP contribution in [-0.2, 0) is 16.5 Å². The predicted molar refractivity (Wildman–Crippen MR) is 18.9 cm³/mol. The van der Waals surface area contributed by atoms with Crippen molar-refractivity contribution in [2.75, 3.05) is 0 Å². The Hall–Kier alpha value is -0.386. The molecule has 0 heterocycles. The maximum atomic E-state index is 8.25. The number of nitrogens with one attached hydrogen (secondary N) is 1. The molecule has 0 saturated heterocycles. The van der Waals surface area contributed by atoms with Crippen LogP contribution in [0, 0.1) is 15.3 Å². The molecule has 0 rings (SSSR count). The molecule has 0 aliphatic rings. The molecule has 0 aromatic carbocycles. The predicted octanol–water partition coefficient (Wildman–Crippen LogP) is -0.329.